The molecule has 0 bridgehead atoms. The maximum absolute atomic E-state index is 15.2. The van der Waals surface area contributed by atoms with Crippen LogP contribution in [0.15, 0.2) is 91.4 Å². The van der Waals surface area contributed by atoms with Crippen LogP contribution in [0.25, 0.3) is 44.3 Å². The van der Waals surface area contributed by atoms with Crippen LogP contribution in [0.4, 0.5) is 4.39 Å². The number of H-pyrrole nitrogens is 1. The molecule has 8 nitrogen and oxygen atoms in total. The van der Waals surface area contributed by atoms with Crippen molar-refractivity contribution in [1.82, 2.24) is 20.1 Å². The number of aromatic nitrogens is 3. The molecule has 226 valence electrons. The van der Waals surface area contributed by atoms with Crippen molar-refractivity contribution >= 4 is 16.8 Å². The molecule has 0 radical (unpaired) electrons. The number of hydrogen-bond donors (Lipinski definition) is 3. The van der Waals surface area contributed by atoms with Gasteiger partial charge in [-0.2, -0.15) is 5.10 Å². The zero-order valence-electron chi connectivity index (χ0n) is 24.8. The standard InChI is InChI=1S/C36H31FN4O4/c1-41-18-23(17-39-41)28-12-22-20-45-35-15-29(26-8-3-5-9-32(26)37)31(13-30(35)27(22)14-34(28)44-2)36(43)40-24(19-42)11-21-16-38-33-10-6-4-7-25(21)33/h3-10,12-18,24,38,42H,11,19-20H2,1-2H3,(H,40,43)/t24-/m1/s1. The maximum atomic E-state index is 15.2. The molecule has 1 aliphatic heterocycles. The van der Waals surface area contributed by atoms with Gasteiger partial charge >= 0.3 is 0 Å². The van der Waals surface area contributed by atoms with E-state index in [4.69, 9.17) is 9.47 Å². The van der Waals surface area contributed by atoms with Crippen molar-refractivity contribution < 1.29 is 23.8 Å². The van der Waals surface area contributed by atoms with Crippen LogP contribution >= 0.6 is 0 Å². The molecule has 1 amide bonds. The number of carbonyl (C=O) groups is 1. The molecule has 0 spiro atoms. The number of nitrogens with zero attached hydrogens (tertiary/aromatic N) is 2. The summed E-state index contributed by atoms with van der Waals surface area (Å²) >= 11 is 0. The fourth-order valence-electron chi connectivity index (χ4n) is 6.10. The number of methoxy groups -OCH3 is 1. The van der Waals surface area contributed by atoms with Gasteiger partial charge in [0.1, 0.15) is 23.9 Å². The van der Waals surface area contributed by atoms with Crippen LogP contribution in [-0.4, -0.2) is 45.5 Å². The van der Waals surface area contributed by atoms with Crippen LogP contribution in [0.1, 0.15) is 21.5 Å². The monoisotopic (exact) mass is 602 g/mol. The molecule has 0 aliphatic carbocycles. The van der Waals surface area contributed by atoms with Gasteiger partial charge in [0.25, 0.3) is 5.91 Å². The summed E-state index contributed by atoms with van der Waals surface area (Å²) in [5.74, 6) is 0.299. The number of carbonyl (C=O) groups excluding carboxylic acids is 1. The molecule has 0 saturated carbocycles. The Bertz CT molecular complexity index is 2060. The molecule has 1 aliphatic rings. The minimum atomic E-state index is -0.577. The number of nitrogens with one attached hydrogen (secondary N) is 2. The highest BCUT2D eigenvalue weighted by Crippen LogP contribution is 2.45. The van der Waals surface area contributed by atoms with E-state index in [1.807, 2.05) is 55.8 Å². The zero-order valence-corrected chi connectivity index (χ0v) is 24.8. The predicted molar refractivity (Wildman–Crippen MR) is 171 cm³/mol. The summed E-state index contributed by atoms with van der Waals surface area (Å²) in [6.45, 7) is 0.0184. The van der Waals surface area contributed by atoms with Crippen molar-refractivity contribution in [2.45, 2.75) is 19.1 Å². The van der Waals surface area contributed by atoms with Crippen LogP contribution in [0.3, 0.4) is 0 Å². The summed E-state index contributed by atoms with van der Waals surface area (Å²) in [7, 11) is 3.47. The largest absolute Gasteiger partial charge is 0.496 e. The van der Waals surface area contributed by atoms with Gasteiger partial charge in [-0.3, -0.25) is 9.48 Å². The Hall–Kier alpha value is -5.41. The summed E-state index contributed by atoms with van der Waals surface area (Å²) < 4.78 is 28.9. The minimum absolute atomic E-state index is 0.267. The van der Waals surface area contributed by atoms with Crippen LogP contribution < -0.4 is 14.8 Å². The lowest BCUT2D eigenvalue weighted by molar-refractivity contribution is 0.0917. The van der Waals surface area contributed by atoms with Crippen molar-refractivity contribution in [2.24, 2.45) is 7.05 Å². The first-order valence-corrected chi connectivity index (χ1v) is 14.7. The normalized spacial score (nSPS) is 12.7. The number of hydrogen-bond acceptors (Lipinski definition) is 5. The molecule has 6 aromatic rings. The second-order valence-electron chi connectivity index (χ2n) is 11.2. The molecule has 45 heavy (non-hydrogen) atoms. The first-order chi connectivity index (χ1) is 21.9. The summed E-state index contributed by atoms with van der Waals surface area (Å²) in [6.07, 6.45) is 5.99. The number of amides is 1. The van der Waals surface area contributed by atoms with E-state index in [9.17, 15) is 9.90 Å². The molecule has 0 fully saturated rings. The van der Waals surface area contributed by atoms with Crippen molar-refractivity contribution in [1.29, 1.82) is 0 Å². The summed E-state index contributed by atoms with van der Waals surface area (Å²) in [5, 5.41) is 18.6. The highest BCUT2D eigenvalue weighted by atomic mass is 19.1. The number of ether oxygens (including phenoxy) is 2. The number of aryl methyl sites for hydroxylation is 1. The van der Waals surface area contributed by atoms with Crippen LogP contribution in [0.2, 0.25) is 0 Å². The van der Waals surface area contributed by atoms with Gasteiger partial charge in [-0.1, -0.05) is 36.4 Å². The molecule has 4 aromatic carbocycles. The lowest BCUT2D eigenvalue weighted by Crippen LogP contribution is -2.39. The van der Waals surface area contributed by atoms with E-state index in [1.165, 1.54) is 6.07 Å². The molecule has 2 aromatic heterocycles. The maximum Gasteiger partial charge on any atom is 0.252 e. The first-order valence-electron chi connectivity index (χ1n) is 14.7. The number of rotatable bonds is 8. The smallest absolute Gasteiger partial charge is 0.252 e. The lowest BCUT2D eigenvalue weighted by atomic mass is 9.88. The van der Waals surface area contributed by atoms with E-state index in [0.717, 1.165) is 38.7 Å². The van der Waals surface area contributed by atoms with Crippen LogP contribution in [0.5, 0.6) is 11.5 Å². The van der Waals surface area contributed by atoms with E-state index in [2.05, 4.69) is 15.4 Å². The van der Waals surface area contributed by atoms with E-state index >= 15 is 4.39 Å². The molecule has 9 heteroatoms. The Morgan fingerprint density at radius 3 is 2.67 bits per heavy atom. The first kappa shape index (κ1) is 28.4. The fourth-order valence-corrected chi connectivity index (χ4v) is 6.10. The highest BCUT2D eigenvalue weighted by Gasteiger charge is 2.27. The number of halogens is 1. The molecule has 3 N–H and O–H groups in total. The average molecular weight is 603 g/mol. The Morgan fingerprint density at radius 1 is 1.07 bits per heavy atom. The molecule has 7 rings (SSSR count). The number of benzene rings is 4. The number of fused-ring (bicyclic) bond motifs is 4. The van der Waals surface area contributed by atoms with E-state index in [0.29, 0.717) is 35.7 Å². The van der Waals surface area contributed by atoms with E-state index in [-0.39, 0.29) is 17.7 Å². The number of para-hydroxylation sites is 1. The quantitative estimate of drug-likeness (QED) is 0.191. The van der Waals surface area contributed by atoms with Gasteiger partial charge < -0.3 is 24.9 Å². The second kappa shape index (κ2) is 11.6. The Morgan fingerprint density at radius 2 is 1.89 bits per heavy atom. The van der Waals surface area contributed by atoms with Gasteiger partial charge in [-0.25, -0.2) is 4.39 Å². The van der Waals surface area contributed by atoms with Crippen molar-refractivity contribution in [3.05, 3.63) is 114 Å². The van der Waals surface area contributed by atoms with Crippen molar-refractivity contribution in [2.75, 3.05) is 13.7 Å². The zero-order chi connectivity index (χ0) is 31.1. The highest BCUT2D eigenvalue weighted by molar-refractivity contribution is 6.03. The molecule has 1 atom stereocenters. The number of aliphatic hydroxyl groups excluding tert-OH is 1. The van der Waals surface area contributed by atoms with Gasteiger partial charge in [0, 0.05) is 63.7 Å². The summed E-state index contributed by atoms with van der Waals surface area (Å²) in [4.78, 5) is 17.3. The van der Waals surface area contributed by atoms with Crippen LogP contribution in [-0.2, 0) is 20.1 Å². The summed E-state index contributed by atoms with van der Waals surface area (Å²) in [5.41, 5.74) is 7.14. The Kier molecular flexibility index (Phi) is 7.31. The van der Waals surface area contributed by atoms with Gasteiger partial charge in [-0.05, 0) is 59.5 Å². The van der Waals surface area contributed by atoms with Crippen molar-refractivity contribution in [3.63, 3.8) is 0 Å². The Balaban J connectivity index is 1.30. The summed E-state index contributed by atoms with van der Waals surface area (Å²) in [6, 6.07) is 21.1. The van der Waals surface area contributed by atoms with Gasteiger partial charge in [0.15, 0.2) is 0 Å². The van der Waals surface area contributed by atoms with Crippen molar-refractivity contribution in [3.8, 4) is 44.9 Å². The minimum Gasteiger partial charge on any atom is -0.496 e. The van der Waals surface area contributed by atoms with Gasteiger partial charge in [-0.15, -0.1) is 0 Å². The fraction of sp³-hybridized carbons (Fsp3) is 0.167. The third-order valence-corrected chi connectivity index (χ3v) is 8.34. The van der Waals surface area contributed by atoms with Crippen LogP contribution in [0, 0.1) is 5.82 Å². The molecule has 0 saturated heterocycles. The second-order valence-corrected chi connectivity index (χ2v) is 11.2. The average Bonchev–Trinajstić information content (AvgIpc) is 3.69. The molecule has 3 heterocycles. The topological polar surface area (TPSA) is 101 Å². The number of aromatic amines is 1. The molecule has 0 unspecified atom stereocenters. The Labute approximate surface area is 259 Å². The predicted octanol–water partition coefficient (Wildman–Crippen LogP) is 6.28. The number of aliphatic hydroxyl groups is 1. The molecular weight excluding hydrogens is 571 g/mol. The van der Waals surface area contributed by atoms with E-state index < -0.39 is 17.8 Å². The van der Waals surface area contributed by atoms with Gasteiger partial charge in [0.2, 0.25) is 0 Å². The third-order valence-electron chi connectivity index (χ3n) is 8.34. The van der Waals surface area contributed by atoms with Gasteiger partial charge in [0.05, 0.1) is 26.0 Å². The SMILES string of the molecule is COc1cc2c(cc1-c1cnn(C)c1)COc1cc(-c3ccccc3F)c(C(=O)N[C@@H](CO)Cc3c[nH]c4ccccc34)cc1-2. The molecular formula is C36H31FN4O4. The lowest BCUT2D eigenvalue weighted by Gasteiger charge is -2.25. The van der Waals surface area contributed by atoms with E-state index in [1.54, 1.807) is 48.3 Å². The third kappa shape index (κ3) is 5.21.